The molecule has 0 amide bonds. The van der Waals surface area contributed by atoms with Crippen molar-refractivity contribution in [2.75, 3.05) is 6.61 Å². The Hall–Kier alpha value is -2.57. The van der Waals surface area contributed by atoms with Crippen LogP contribution in [0.5, 0.6) is 5.75 Å². The fraction of sp³-hybridized carbons (Fsp3) is 0.217. The molecule has 148 valence electrons. The van der Waals surface area contributed by atoms with E-state index in [0.29, 0.717) is 6.61 Å². The van der Waals surface area contributed by atoms with Crippen molar-refractivity contribution in [1.82, 2.24) is 14.8 Å². The van der Waals surface area contributed by atoms with Crippen molar-refractivity contribution in [2.45, 2.75) is 31.7 Å². The Balaban J connectivity index is 1.67. The predicted octanol–water partition coefficient (Wildman–Crippen LogP) is 6.30. The van der Waals surface area contributed by atoms with E-state index in [-0.39, 0.29) is 0 Å². The van der Waals surface area contributed by atoms with Crippen LogP contribution in [0.15, 0.2) is 65.1 Å². The van der Waals surface area contributed by atoms with E-state index in [1.807, 2.05) is 25.1 Å². The molecule has 6 heteroatoms. The molecule has 0 N–H and O–H groups in total. The van der Waals surface area contributed by atoms with E-state index >= 15 is 0 Å². The third-order valence-electron chi connectivity index (χ3n) is 4.72. The first kappa shape index (κ1) is 19.7. The zero-order valence-electron chi connectivity index (χ0n) is 16.8. The van der Waals surface area contributed by atoms with Gasteiger partial charge in [-0.1, -0.05) is 36.0 Å². The number of nitrogens with zero attached hydrogens (tertiary/aromatic N) is 3. The van der Waals surface area contributed by atoms with Crippen molar-refractivity contribution in [3.05, 3.63) is 76.7 Å². The quantitative estimate of drug-likeness (QED) is 0.328. The Labute approximate surface area is 179 Å². The zero-order chi connectivity index (χ0) is 20.2. The van der Waals surface area contributed by atoms with Crippen LogP contribution in [0.4, 0.5) is 0 Å². The maximum Gasteiger partial charge on any atom is 0.196 e. The van der Waals surface area contributed by atoms with Gasteiger partial charge in [0.2, 0.25) is 0 Å². The van der Waals surface area contributed by atoms with Crippen LogP contribution in [-0.2, 0) is 5.75 Å². The molecular formula is C23H23N3OS2. The summed E-state index contributed by atoms with van der Waals surface area (Å²) in [5.41, 5.74) is 4.95. The van der Waals surface area contributed by atoms with Crippen molar-refractivity contribution >= 4 is 23.1 Å². The first-order valence-electron chi connectivity index (χ1n) is 9.57. The lowest BCUT2D eigenvalue weighted by Crippen LogP contribution is -2.00. The molecule has 0 unspecified atom stereocenters. The van der Waals surface area contributed by atoms with Crippen LogP contribution in [0.25, 0.3) is 16.4 Å². The highest BCUT2D eigenvalue weighted by Crippen LogP contribution is 2.32. The Kier molecular flexibility index (Phi) is 6.02. The number of benzene rings is 2. The van der Waals surface area contributed by atoms with Gasteiger partial charge in [0.05, 0.1) is 17.2 Å². The van der Waals surface area contributed by atoms with Gasteiger partial charge in [-0.2, -0.15) is 0 Å². The molecule has 0 saturated heterocycles. The molecule has 2 aromatic heterocycles. The summed E-state index contributed by atoms with van der Waals surface area (Å²) in [6, 6.07) is 18.9. The predicted molar refractivity (Wildman–Crippen MR) is 121 cm³/mol. The molecule has 0 atom stereocenters. The molecular weight excluding hydrogens is 398 g/mol. The van der Waals surface area contributed by atoms with Gasteiger partial charge < -0.3 is 4.74 Å². The molecule has 0 spiro atoms. The van der Waals surface area contributed by atoms with Crippen molar-refractivity contribution in [3.63, 3.8) is 0 Å². The average molecular weight is 422 g/mol. The third-order valence-corrected chi connectivity index (χ3v) is 6.59. The summed E-state index contributed by atoms with van der Waals surface area (Å²) in [6.07, 6.45) is 0. The zero-order valence-corrected chi connectivity index (χ0v) is 18.4. The first-order chi connectivity index (χ1) is 14.2. The van der Waals surface area contributed by atoms with E-state index in [2.05, 4.69) is 70.4 Å². The summed E-state index contributed by atoms with van der Waals surface area (Å²) in [5, 5.41) is 12.0. The van der Waals surface area contributed by atoms with E-state index in [0.717, 1.165) is 33.0 Å². The van der Waals surface area contributed by atoms with Gasteiger partial charge >= 0.3 is 0 Å². The number of aromatic nitrogens is 3. The van der Waals surface area contributed by atoms with Crippen molar-refractivity contribution in [3.8, 4) is 22.1 Å². The van der Waals surface area contributed by atoms with Crippen molar-refractivity contribution in [2.24, 2.45) is 0 Å². The van der Waals surface area contributed by atoms with E-state index < -0.39 is 0 Å². The van der Waals surface area contributed by atoms with Crippen LogP contribution in [0.1, 0.15) is 23.6 Å². The summed E-state index contributed by atoms with van der Waals surface area (Å²) < 4.78 is 7.73. The monoisotopic (exact) mass is 421 g/mol. The molecule has 0 aliphatic rings. The normalized spacial score (nSPS) is 11.0. The lowest BCUT2D eigenvalue weighted by molar-refractivity contribution is 0.340. The first-order valence-corrected chi connectivity index (χ1v) is 11.4. The van der Waals surface area contributed by atoms with Gasteiger partial charge in [0.25, 0.3) is 0 Å². The van der Waals surface area contributed by atoms with Gasteiger partial charge in [-0.3, -0.25) is 4.57 Å². The molecule has 0 saturated carbocycles. The molecule has 0 fully saturated rings. The summed E-state index contributed by atoms with van der Waals surface area (Å²) >= 11 is 3.38. The number of thioether (sulfide) groups is 1. The second kappa shape index (κ2) is 8.84. The Morgan fingerprint density at radius 1 is 1.00 bits per heavy atom. The summed E-state index contributed by atoms with van der Waals surface area (Å²) in [5.74, 6) is 2.58. The van der Waals surface area contributed by atoms with Gasteiger partial charge in [0.15, 0.2) is 11.0 Å². The van der Waals surface area contributed by atoms with Gasteiger partial charge in [-0.25, -0.2) is 0 Å². The molecule has 4 aromatic rings. The molecule has 0 aliphatic carbocycles. The van der Waals surface area contributed by atoms with Gasteiger partial charge in [0.1, 0.15) is 5.75 Å². The fourth-order valence-electron chi connectivity index (χ4n) is 3.06. The Morgan fingerprint density at radius 2 is 1.83 bits per heavy atom. The van der Waals surface area contributed by atoms with Crippen LogP contribution < -0.4 is 4.74 Å². The van der Waals surface area contributed by atoms with Crippen molar-refractivity contribution < 1.29 is 4.74 Å². The number of hydrogen-bond acceptors (Lipinski definition) is 5. The molecule has 2 aromatic carbocycles. The average Bonchev–Trinajstić information content (AvgIpc) is 3.39. The minimum Gasteiger partial charge on any atom is -0.494 e. The summed E-state index contributed by atoms with van der Waals surface area (Å²) in [4.78, 5) is 1.10. The largest absolute Gasteiger partial charge is 0.494 e. The van der Waals surface area contributed by atoms with Crippen molar-refractivity contribution in [1.29, 1.82) is 0 Å². The second-order valence-electron chi connectivity index (χ2n) is 6.75. The third kappa shape index (κ3) is 4.38. The molecule has 2 heterocycles. The minimum absolute atomic E-state index is 0.656. The number of thiophene rings is 1. The second-order valence-corrected chi connectivity index (χ2v) is 8.64. The van der Waals surface area contributed by atoms with Crippen LogP contribution in [0.3, 0.4) is 0 Å². The standard InChI is InChI=1S/C23H23N3OS2/c1-4-27-20-11-9-19(10-12-20)26-22(21-6-5-13-28-21)24-25-23(26)29-15-18-8-7-16(2)17(3)14-18/h5-14H,4,15H2,1-3H3. The maximum atomic E-state index is 5.59. The van der Waals surface area contributed by atoms with Gasteiger partial charge in [-0.05, 0) is 73.2 Å². The van der Waals surface area contributed by atoms with Crippen LogP contribution in [0.2, 0.25) is 0 Å². The van der Waals surface area contributed by atoms with Crippen LogP contribution in [0, 0.1) is 13.8 Å². The van der Waals surface area contributed by atoms with E-state index in [1.165, 1.54) is 16.7 Å². The maximum absolute atomic E-state index is 5.59. The number of aryl methyl sites for hydroxylation is 2. The highest BCUT2D eigenvalue weighted by atomic mass is 32.2. The number of rotatable bonds is 7. The fourth-order valence-corrected chi connectivity index (χ4v) is 4.65. The molecule has 0 radical (unpaired) electrons. The SMILES string of the molecule is CCOc1ccc(-n2c(SCc3ccc(C)c(C)c3)nnc2-c2cccs2)cc1. The molecule has 29 heavy (non-hydrogen) atoms. The van der Waals surface area contributed by atoms with E-state index in [4.69, 9.17) is 4.74 Å². The minimum atomic E-state index is 0.656. The van der Waals surface area contributed by atoms with Gasteiger partial charge in [0, 0.05) is 5.75 Å². The summed E-state index contributed by atoms with van der Waals surface area (Å²) in [7, 11) is 0. The number of hydrogen-bond donors (Lipinski definition) is 0. The van der Waals surface area contributed by atoms with E-state index in [1.54, 1.807) is 23.1 Å². The molecule has 0 aliphatic heterocycles. The highest BCUT2D eigenvalue weighted by molar-refractivity contribution is 7.98. The smallest absolute Gasteiger partial charge is 0.196 e. The highest BCUT2D eigenvalue weighted by Gasteiger charge is 2.17. The van der Waals surface area contributed by atoms with Crippen LogP contribution in [-0.4, -0.2) is 21.4 Å². The topological polar surface area (TPSA) is 39.9 Å². The lowest BCUT2D eigenvalue weighted by atomic mass is 10.1. The summed E-state index contributed by atoms with van der Waals surface area (Å²) in [6.45, 7) is 6.94. The molecule has 4 nitrogen and oxygen atoms in total. The van der Waals surface area contributed by atoms with Gasteiger partial charge in [-0.15, -0.1) is 21.5 Å². The van der Waals surface area contributed by atoms with Crippen LogP contribution >= 0.6 is 23.1 Å². The number of ether oxygens (including phenoxy) is 1. The molecule has 0 bridgehead atoms. The van der Waals surface area contributed by atoms with E-state index in [9.17, 15) is 0 Å². The Morgan fingerprint density at radius 3 is 2.52 bits per heavy atom. The molecule has 4 rings (SSSR count). The Bertz CT molecular complexity index is 1090. The lowest BCUT2D eigenvalue weighted by Gasteiger charge is -2.11.